The first-order chi connectivity index (χ1) is 33.2. The average molecular weight is 852 g/mol. The Bertz CT molecular complexity index is 3950. The van der Waals surface area contributed by atoms with Crippen molar-refractivity contribution in [2.75, 3.05) is 0 Å². The molecule has 5 nitrogen and oxygen atoms in total. The molecule has 0 saturated carbocycles. The van der Waals surface area contributed by atoms with Crippen LogP contribution < -0.4 is 0 Å². The summed E-state index contributed by atoms with van der Waals surface area (Å²) in [6, 6.07) is 81.7. The van der Waals surface area contributed by atoms with E-state index in [0.29, 0.717) is 11.3 Å². The van der Waals surface area contributed by atoms with Crippen LogP contribution in [0.5, 0.6) is 0 Å². The highest BCUT2D eigenvalue weighted by Crippen LogP contribution is 2.46. The zero-order valence-electron chi connectivity index (χ0n) is 36.1. The van der Waals surface area contributed by atoms with Gasteiger partial charge in [-0.15, -0.1) is 0 Å². The Morgan fingerprint density at radius 2 is 0.776 bits per heavy atom. The fraction of sp³-hybridized carbons (Fsp3) is 0. The molecule has 0 aliphatic heterocycles. The van der Waals surface area contributed by atoms with Crippen LogP contribution in [0.1, 0.15) is 5.56 Å². The molecule has 0 spiro atoms. The second-order valence-corrected chi connectivity index (χ2v) is 17.1. The first-order valence-corrected chi connectivity index (χ1v) is 22.4. The molecule has 0 bridgehead atoms. The summed E-state index contributed by atoms with van der Waals surface area (Å²) in [4.78, 5) is 3.97. The van der Waals surface area contributed by atoms with Crippen molar-refractivity contribution in [1.82, 2.24) is 13.7 Å². The molecule has 0 unspecified atom stereocenters. The highest BCUT2D eigenvalue weighted by molar-refractivity contribution is 6.14. The van der Waals surface area contributed by atoms with Crippen molar-refractivity contribution in [2.24, 2.45) is 0 Å². The summed E-state index contributed by atoms with van der Waals surface area (Å²) in [6.45, 7) is 8.26. The van der Waals surface area contributed by atoms with Crippen molar-refractivity contribution in [3.05, 3.63) is 241 Å². The van der Waals surface area contributed by atoms with E-state index in [0.717, 1.165) is 94.3 Å². The summed E-state index contributed by atoms with van der Waals surface area (Å²) in [7, 11) is 0. The number of aromatic nitrogens is 3. The molecule has 0 radical (unpaired) electrons. The maximum Gasteiger partial charge on any atom is 0.196 e. The lowest BCUT2D eigenvalue weighted by Gasteiger charge is -2.21. The molecule has 310 valence electrons. The second kappa shape index (κ2) is 15.1. The normalized spacial score (nSPS) is 11.6. The minimum Gasteiger partial charge on any atom is -0.309 e. The van der Waals surface area contributed by atoms with Gasteiger partial charge in [-0.05, 0) is 113 Å². The molecule has 0 fully saturated rings. The molecule has 13 rings (SSSR count). The van der Waals surface area contributed by atoms with E-state index in [1.807, 2.05) is 24.3 Å². The molecule has 5 heteroatoms. The molecule has 0 N–H and O–H groups in total. The lowest BCUT2D eigenvalue weighted by atomic mass is 9.88. The van der Waals surface area contributed by atoms with Crippen molar-refractivity contribution in [3.63, 3.8) is 0 Å². The zero-order valence-corrected chi connectivity index (χ0v) is 36.1. The number of fused-ring (bicyclic) bond motifs is 9. The lowest BCUT2D eigenvalue weighted by Crippen LogP contribution is -2.01. The third-order valence-corrected chi connectivity index (χ3v) is 13.5. The standard InChI is InChI=1S/C62H37N5/c1-64-55-34-40(39-63)28-31-45(55)52-37-51(42-18-6-3-7-19-42)62(38-50(52)41-16-4-2-5-17-41)67-60-32-29-43(65-56-24-12-8-20-46(56)47-21-9-13-25-57(47)65)35-53(60)54-36-44(30-33-61(54)67)66-58-26-14-10-22-48(58)49-23-11-15-27-59(49)66/h2-38H. The molecule has 67 heavy (non-hydrogen) atoms. The van der Waals surface area contributed by atoms with Crippen molar-refractivity contribution < 1.29 is 0 Å². The van der Waals surface area contributed by atoms with Crippen LogP contribution in [0, 0.1) is 17.9 Å². The van der Waals surface area contributed by atoms with Crippen LogP contribution in [0.2, 0.25) is 0 Å². The number of hydrogen-bond donors (Lipinski definition) is 0. The van der Waals surface area contributed by atoms with E-state index >= 15 is 0 Å². The molecule has 0 amide bonds. The van der Waals surface area contributed by atoms with Gasteiger partial charge in [-0.1, -0.05) is 140 Å². The van der Waals surface area contributed by atoms with Crippen molar-refractivity contribution in [1.29, 1.82) is 5.26 Å². The van der Waals surface area contributed by atoms with Gasteiger partial charge in [0.25, 0.3) is 0 Å². The first-order valence-electron chi connectivity index (χ1n) is 22.4. The SMILES string of the molecule is [C-]#[N+]c1cc(C#N)ccc1-c1cc(-c2ccccc2)c(-n2c3ccc(-n4c5ccccc5c5ccccc54)cc3c3cc(-n4c5ccccc5c5ccccc54)ccc32)cc1-c1ccccc1. The predicted octanol–water partition coefficient (Wildman–Crippen LogP) is 16.4. The molecule has 3 aromatic heterocycles. The van der Waals surface area contributed by atoms with Crippen LogP contribution in [0.4, 0.5) is 5.69 Å². The molecule has 13 aromatic rings. The van der Waals surface area contributed by atoms with Crippen LogP contribution in [0.15, 0.2) is 224 Å². The maximum absolute atomic E-state index is 9.83. The van der Waals surface area contributed by atoms with Gasteiger partial charge in [0.1, 0.15) is 0 Å². The van der Waals surface area contributed by atoms with E-state index in [1.165, 1.54) is 21.5 Å². The summed E-state index contributed by atoms with van der Waals surface area (Å²) >= 11 is 0. The van der Waals surface area contributed by atoms with E-state index in [1.54, 1.807) is 6.07 Å². The zero-order chi connectivity index (χ0) is 44.6. The Morgan fingerprint density at radius 3 is 1.24 bits per heavy atom. The van der Waals surface area contributed by atoms with Crippen LogP contribution in [0.25, 0.3) is 121 Å². The largest absolute Gasteiger partial charge is 0.309 e. The number of nitrogens with zero attached hydrogens (tertiary/aromatic N) is 5. The van der Waals surface area contributed by atoms with Crippen LogP contribution in [-0.2, 0) is 0 Å². The molecular formula is C62H37N5. The molecule has 0 aliphatic carbocycles. The van der Waals surface area contributed by atoms with Crippen LogP contribution in [-0.4, -0.2) is 13.7 Å². The number of benzene rings is 10. The average Bonchev–Trinajstić information content (AvgIpc) is 4.04. The number of rotatable bonds is 6. The Hall–Kier alpha value is -9.42. The van der Waals surface area contributed by atoms with Gasteiger partial charge >= 0.3 is 0 Å². The van der Waals surface area contributed by atoms with Gasteiger partial charge < -0.3 is 13.7 Å². The molecule has 10 aromatic carbocycles. The first kappa shape index (κ1) is 38.1. The molecule has 0 saturated heterocycles. The molecular weight excluding hydrogens is 815 g/mol. The van der Waals surface area contributed by atoms with E-state index in [2.05, 4.69) is 219 Å². The van der Waals surface area contributed by atoms with Crippen molar-refractivity contribution in [2.45, 2.75) is 0 Å². The minimum absolute atomic E-state index is 0.440. The molecule has 0 aliphatic rings. The summed E-state index contributed by atoms with van der Waals surface area (Å²) in [5.74, 6) is 0. The van der Waals surface area contributed by atoms with Crippen molar-refractivity contribution >= 4 is 71.1 Å². The Balaban J connectivity index is 1.16. The van der Waals surface area contributed by atoms with Gasteiger partial charge in [-0.2, -0.15) is 5.26 Å². The van der Waals surface area contributed by atoms with Crippen LogP contribution >= 0.6 is 0 Å². The monoisotopic (exact) mass is 851 g/mol. The Morgan fingerprint density at radius 1 is 0.343 bits per heavy atom. The highest BCUT2D eigenvalue weighted by atomic mass is 15.0. The van der Waals surface area contributed by atoms with Gasteiger partial charge in [0, 0.05) is 54.8 Å². The highest BCUT2D eigenvalue weighted by Gasteiger charge is 2.23. The maximum atomic E-state index is 9.83. The number of nitriles is 1. The van der Waals surface area contributed by atoms with E-state index in [-0.39, 0.29) is 0 Å². The topological polar surface area (TPSA) is 42.9 Å². The quantitative estimate of drug-likeness (QED) is 0.154. The van der Waals surface area contributed by atoms with Gasteiger partial charge in [-0.3, -0.25) is 0 Å². The summed E-state index contributed by atoms with van der Waals surface area (Å²) < 4.78 is 7.23. The molecule has 3 heterocycles. The van der Waals surface area contributed by atoms with Gasteiger partial charge in [-0.25, -0.2) is 4.85 Å². The minimum atomic E-state index is 0.440. The summed E-state index contributed by atoms with van der Waals surface area (Å²) in [5, 5.41) is 17.0. The third kappa shape index (κ3) is 5.86. The predicted molar refractivity (Wildman–Crippen MR) is 277 cm³/mol. The Kier molecular flexibility index (Phi) is 8.58. The molecule has 0 atom stereocenters. The van der Waals surface area contributed by atoms with Gasteiger partial charge in [0.05, 0.1) is 51.4 Å². The fourth-order valence-corrected chi connectivity index (χ4v) is 10.6. The summed E-state index contributed by atoms with van der Waals surface area (Å²) in [6.07, 6.45) is 0. The van der Waals surface area contributed by atoms with E-state index in [9.17, 15) is 5.26 Å². The van der Waals surface area contributed by atoms with Crippen molar-refractivity contribution in [3.8, 4) is 56.5 Å². The van der Waals surface area contributed by atoms with Gasteiger partial charge in [0.15, 0.2) is 5.69 Å². The van der Waals surface area contributed by atoms with E-state index in [4.69, 9.17) is 6.57 Å². The second-order valence-electron chi connectivity index (χ2n) is 17.1. The van der Waals surface area contributed by atoms with Crippen LogP contribution in [0.3, 0.4) is 0 Å². The summed E-state index contributed by atoms with van der Waals surface area (Å²) in [5.41, 5.74) is 16.7. The smallest absolute Gasteiger partial charge is 0.196 e. The third-order valence-electron chi connectivity index (χ3n) is 13.5. The number of para-hydroxylation sites is 4. The Labute approximate surface area is 386 Å². The van der Waals surface area contributed by atoms with E-state index < -0.39 is 0 Å². The fourth-order valence-electron chi connectivity index (χ4n) is 10.6. The van der Waals surface area contributed by atoms with Gasteiger partial charge in [0.2, 0.25) is 0 Å². The number of hydrogen-bond acceptors (Lipinski definition) is 1. The lowest BCUT2D eigenvalue weighted by molar-refractivity contribution is 1.16.